The summed E-state index contributed by atoms with van der Waals surface area (Å²) < 4.78 is 6.05. The summed E-state index contributed by atoms with van der Waals surface area (Å²) in [6.07, 6.45) is 15.5. The van der Waals surface area contributed by atoms with Crippen molar-refractivity contribution in [1.82, 2.24) is 5.32 Å². The van der Waals surface area contributed by atoms with Gasteiger partial charge in [-0.2, -0.15) is 0 Å². The van der Waals surface area contributed by atoms with Gasteiger partial charge in [0.2, 0.25) is 0 Å². The van der Waals surface area contributed by atoms with Gasteiger partial charge in [0.25, 0.3) is 0 Å². The third-order valence-electron chi connectivity index (χ3n) is 4.93. The number of rotatable bonds is 6. The molecule has 0 aliphatic heterocycles. The van der Waals surface area contributed by atoms with Gasteiger partial charge in [-0.3, -0.25) is 0 Å². The topological polar surface area (TPSA) is 21.3 Å². The van der Waals surface area contributed by atoms with E-state index in [0.717, 1.165) is 6.54 Å². The smallest absolute Gasteiger partial charge is 0.0869 e. The molecule has 110 valence electrons. The first-order chi connectivity index (χ1) is 9.32. The van der Waals surface area contributed by atoms with E-state index < -0.39 is 0 Å². The molecule has 0 amide bonds. The predicted octanol–water partition coefficient (Wildman–Crippen LogP) is 4.20. The van der Waals surface area contributed by atoms with Gasteiger partial charge >= 0.3 is 0 Å². The van der Waals surface area contributed by atoms with Crippen molar-refractivity contribution < 1.29 is 4.74 Å². The minimum Gasteiger partial charge on any atom is -0.376 e. The monoisotopic (exact) mass is 265 g/mol. The number of methoxy groups -OCH3 is 1. The third kappa shape index (κ3) is 3.61. The maximum absolute atomic E-state index is 6.05. The molecule has 0 aromatic heterocycles. The largest absolute Gasteiger partial charge is 0.376 e. The molecule has 1 atom stereocenters. The Morgan fingerprint density at radius 2 is 2.00 bits per heavy atom. The first-order valence-corrected chi connectivity index (χ1v) is 8.30. The Kier molecular flexibility index (Phi) is 5.90. The molecule has 1 unspecified atom stereocenters. The predicted molar refractivity (Wildman–Crippen MR) is 81.5 cm³/mol. The van der Waals surface area contributed by atoms with Gasteiger partial charge in [-0.05, 0) is 51.5 Å². The molecule has 0 radical (unpaired) electrons. The van der Waals surface area contributed by atoms with Crippen LogP contribution in [0.15, 0.2) is 11.6 Å². The van der Waals surface area contributed by atoms with Crippen LogP contribution in [0.25, 0.3) is 0 Å². The molecular formula is C17H31NO. The van der Waals surface area contributed by atoms with E-state index in [-0.39, 0.29) is 5.60 Å². The maximum atomic E-state index is 6.05. The summed E-state index contributed by atoms with van der Waals surface area (Å²) in [5, 5.41) is 3.81. The Balaban J connectivity index is 2.15. The van der Waals surface area contributed by atoms with Crippen LogP contribution in [-0.4, -0.2) is 25.3 Å². The van der Waals surface area contributed by atoms with Gasteiger partial charge in [0, 0.05) is 7.11 Å². The molecule has 19 heavy (non-hydrogen) atoms. The van der Waals surface area contributed by atoms with Crippen LogP contribution in [0.2, 0.25) is 0 Å². The highest BCUT2D eigenvalue weighted by Crippen LogP contribution is 2.39. The summed E-state index contributed by atoms with van der Waals surface area (Å²) in [7, 11) is 1.92. The lowest BCUT2D eigenvalue weighted by molar-refractivity contribution is -0.0266. The van der Waals surface area contributed by atoms with Crippen molar-refractivity contribution in [2.24, 2.45) is 0 Å². The summed E-state index contributed by atoms with van der Waals surface area (Å²) in [5.74, 6) is 0. The SMILES string of the molecule is CCCNC(C1=CCCCCC1)C1(OC)CCCC1. The van der Waals surface area contributed by atoms with E-state index in [0.29, 0.717) is 6.04 Å². The van der Waals surface area contributed by atoms with E-state index >= 15 is 0 Å². The van der Waals surface area contributed by atoms with E-state index in [4.69, 9.17) is 4.74 Å². The lowest BCUT2D eigenvalue weighted by Gasteiger charge is -2.39. The summed E-state index contributed by atoms with van der Waals surface area (Å²) >= 11 is 0. The van der Waals surface area contributed by atoms with Gasteiger partial charge in [0.05, 0.1) is 11.6 Å². The van der Waals surface area contributed by atoms with Gasteiger partial charge in [-0.1, -0.05) is 37.8 Å². The average molecular weight is 265 g/mol. The minimum absolute atomic E-state index is 0.0747. The zero-order valence-electron chi connectivity index (χ0n) is 12.8. The summed E-state index contributed by atoms with van der Waals surface area (Å²) in [6, 6.07) is 0.457. The van der Waals surface area contributed by atoms with Crippen LogP contribution in [0.5, 0.6) is 0 Å². The number of ether oxygens (including phenoxy) is 1. The highest BCUT2D eigenvalue weighted by molar-refractivity contribution is 5.20. The Labute approximate surface area is 119 Å². The molecular weight excluding hydrogens is 234 g/mol. The number of hydrogen-bond donors (Lipinski definition) is 1. The number of allylic oxidation sites excluding steroid dienone is 1. The van der Waals surface area contributed by atoms with Gasteiger partial charge < -0.3 is 10.1 Å². The van der Waals surface area contributed by atoms with Crippen molar-refractivity contribution in [1.29, 1.82) is 0 Å². The molecule has 1 N–H and O–H groups in total. The highest BCUT2D eigenvalue weighted by atomic mass is 16.5. The van der Waals surface area contributed by atoms with E-state index in [1.165, 1.54) is 64.2 Å². The Bertz CT molecular complexity index is 292. The zero-order chi connectivity index (χ0) is 13.6. The van der Waals surface area contributed by atoms with Crippen LogP contribution in [0.3, 0.4) is 0 Å². The van der Waals surface area contributed by atoms with Crippen molar-refractivity contribution in [3.05, 3.63) is 11.6 Å². The van der Waals surface area contributed by atoms with E-state index in [9.17, 15) is 0 Å². The van der Waals surface area contributed by atoms with Crippen molar-refractivity contribution in [3.8, 4) is 0 Å². The van der Waals surface area contributed by atoms with Crippen molar-refractivity contribution in [3.63, 3.8) is 0 Å². The van der Waals surface area contributed by atoms with Gasteiger partial charge in [-0.15, -0.1) is 0 Å². The van der Waals surface area contributed by atoms with E-state index in [1.54, 1.807) is 5.57 Å². The van der Waals surface area contributed by atoms with Crippen molar-refractivity contribution in [2.45, 2.75) is 82.8 Å². The average Bonchev–Trinajstić information content (AvgIpc) is 2.76. The van der Waals surface area contributed by atoms with Gasteiger partial charge in [0.15, 0.2) is 0 Å². The maximum Gasteiger partial charge on any atom is 0.0869 e. The minimum atomic E-state index is 0.0747. The van der Waals surface area contributed by atoms with Crippen LogP contribution in [-0.2, 0) is 4.74 Å². The first kappa shape index (κ1) is 15.1. The fourth-order valence-corrected chi connectivity index (χ4v) is 3.83. The third-order valence-corrected chi connectivity index (χ3v) is 4.93. The summed E-state index contributed by atoms with van der Waals surface area (Å²) in [4.78, 5) is 0. The normalized spacial score (nSPS) is 24.8. The van der Waals surface area contributed by atoms with Crippen LogP contribution in [0, 0.1) is 0 Å². The molecule has 0 saturated heterocycles. The first-order valence-electron chi connectivity index (χ1n) is 8.30. The molecule has 1 saturated carbocycles. The standard InChI is InChI=1S/C17H31NO/c1-3-14-18-16(15-10-6-4-5-7-11-15)17(19-2)12-8-9-13-17/h10,16,18H,3-9,11-14H2,1-2H3. The molecule has 0 aromatic rings. The molecule has 2 rings (SSSR count). The summed E-state index contributed by atoms with van der Waals surface area (Å²) in [5.41, 5.74) is 1.71. The number of nitrogens with one attached hydrogen (secondary N) is 1. The summed E-state index contributed by atoms with van der Waals surface area (Å²) in [6.45, 7) is 3.35. The van der Waals surface area contributed by atoms with Gasteiger partial charge in [-0.25, -0.2) is 0 Å². The molecule has 0 spiro atoms. The van der Waals surface area contributed by atoms with Crippen LogP contribution in [0.1, 0.15) is 71.1 Å². The molecule has 0 bridgehead atoms. The second-order valence-corrected chi connectivity index (χ2v) is 6.24. The van der Waals surface area contributed by atoms with E-state index in [2.05, 4.69) is 18.3 Å². The number of hydrogen-bond acceptors (Lipinski definition) is 2. The van der Waals surface area contributed by atoms with Crippen LogP contribution in [0.4, 0.5) is 0 Å². The molecule has 0 aromatic carbocycles. The Morgan fingerprint density at radius 3 is 2.68 bits per heavy atom. The fraction of sp³-hybridized carbons (Fsp3) is 0.882. The van der Waals surface area contributed by atoms with Crippen LogP contribution < -0.4 is 5.32 Å². The molecule has 2 nitrogen and oxygen atoms in total. The lowest BCUT2D eigenvalue weighted by atomic mass is 9.84. The fourth-order valence-electron chi connectivity index (χ4n) is 3.83. The van der Waals surface area contributed by atoms with Crippen molar-refractivity contribution >= 4 is 0 Å². The quantitative estimate of drug-likeness (QED) is 0.727. The molecule has 2 aliphatic rings. The lowest BCUT2D eigenvalue weighted by Crippen LogP contribution is -2.51. The second kappa shape index (κ2) is 7.44. The Morgan fingerprint density at radius 1 is 1.21 bits per heavy atom. The molecule has 2 heteroatoms. The molecule has 0 heterocycles. The second-order valence-electron chi connectivity index (χ2n) is 6.24. The molecule has 2 aliphatic carbocycles. The van der Waals surface area contributed by atoms with Gasteiger partial charge in [0.1, 0.15) is 0 Å². The van der Waals surface area contributed by atoms with Crippen LogP contribution >= 0.6 is 0 Å². The van der Waals surface area contributed by atoms with Crippen molar-refractivity contribution in [2.75, 3.05) is 13.7 Å². The Hall–Kier alpha value is -0.340. The van der Waals surface area contributed by atoms with E-state index in [1.807, 2.05) is 7.11 Å². The zero-order valence-corrected chi connectivity index (χ0v) is 12.8. The highest BCUT2D eigenvalue weighted by Gasteiger charge is 2.42. The molecule has 1 fully saturated rings.